The van der Waals surface area contributed by atoms with Crippen molar-refractivity contribution in [3.05, 3.63) is 24.2 Å². The fraction of sp³-hybridized carbons (Fsp3) is 0.562. The molecular formula is C16H22N2O7S. The molecule has 1 aliphatic heterocycles. The molecule has 2 N–H and O–H groups in total. The summed E-state index contributed by atoms with van der Waals surface area (Å²) in [5, 5.41) is 5.03. The largest absolute Gasteiger partial charge is 0.459 e. The number of carbonyl (C=O) groups excluding carboxylic acids is 3. The van der Waals surface area contributed by atoms with Gasteiger partial charge < -0.3 is 19.8 Å². The smallest absolute Gasteiger partial charge is 0.329 e. The van der Waals surface area contributed by atoms with Crippen LogP contribution >= 0.6 is 0 Å². The highest BCUT2D eigenvalue weighted by atomic mass is 32.2. The standard InChI is InChI=1S/C16H22N2O7S/c1-10(2)14(18-15(20)12-4-3-6-24-12)16(21)25-8-13(19)17-11-5-7-26(22,23)9-11/h3-4,6,10-11,14H,5,7-9H2,1-2H3,(H,17,19)(H,18,20)/t11-,14+/m1/s1. The number of ether oxygens (including phenoxy) is 1. The van der Waals surface area contributed by atoms with Crippen LogP contribution < -0.4 is 10.6 Å². The fourth-order valence-corrected chi connectivity index (χ4v) is 4.20. The summed E-state index contributed by atoms with van der Waals surface area (Å²) in [4.78, 5) is 36.0. The molecule has 26 heavy (non-hydrogen) atoms. The van der Waals surface area contributed by atoms with Gasteiger partial charge in [0.05, 0.1) is 17.8 Å². The lowest BCUT2D eigenvalue weighted by Gasteiger charge is -2.20. The third kappa shape index (κ3) is 5.58. The molecule has 2 heterocycles. The van der Waals surface area contributed by atoms with Crippen LogP contribution in [0.25, 0.3) is 0 Å². The number of carbonyl (C=O) groups is 3. The highest BCUT2D eigenvalue weighted by Gasteiger charge is 2.30. The van der Waals surface area contributed by atoms with E-state index in [0.29, 0.717) is 6.42 Å². The number of rotatable bonds is 7. The van der Waals surface area contributed by atoms with Crippen LogP contribution in [0.3, 0.4) is 0 Å². The molecule has 2 atom stereocenters. The molecule has 1 aromatic heterocycles. The van der Waals surface area contributed by atoms with Gasteiger partial charge in [-0.2, -0.15) is 0 Å². The molecule has 1 aromatic rings. The summed E-state index contributed by atoms with van der Waals surface area (Å²) in [7, 11) is -3.11. The SMILES string of the molecule is CC(C)[C@H](NC(=O)c1ccco1)C(=O)OCC(=O)N[C@@H]1CCS(=O)(=O)C1. The lowest BCUT2D eigenvalue weighted by molar-refractivity contribution is -0.151. The molecule has 144 valence electrons. The maximum Gasteiger partial charge on any atom is 0.329 e. The molecule has 0 spiro atoms. The van der Waals surface area contributed by atoms with Gasteiger partial charge in [-0.3, -0.25) is 9.59 Å². The summed E-state index contributed by atoms with van der Waals surface area (Å²) in [5.41, 5.74) is 0. The molecule has 10 heteroatoms. The molecular weight excluding hydrogens is 364 g/mol. The van der Waals surface area contributed by atoms with Gasteiger partial charge in [-0.15, -0.1) is 0 Å². The van der Waals surface area contributed by atoms with Crippen LogP contribution in [0.4, 0.5) is 0 Å². The quantitative estimate of drug-likeness (QED) is 0.624. The van der Waals surface area contributed by atoms with Gasteiger partial charge in [0.15, 0.2) is 22.2 Å². The van der Waals surface area contributed by atoms with E-state index in [-0.39, 0.29) is 23.2 Å². The van der Waals surface area contributed by atoms with Gasteiger partial charge >= 0.3 is 5.97 Å². The lowest BCUT2D eigenvalue weighted by Crippen LogP contribution is -2.46. The highest BCUT2D eigenvalue weighted by Crippen LogP contribution is 2.11. The molecule has 0 aliphatic carbocycles. The van der Waals surface area contributed by atoms with Crippen molar-refractivity contribution >= 4 is 27.6 Å². The first-order valence-electron chi connectivity index (χ1n) is 8.19. The van der Waals surface area contributed by atoms with E-state index in [9.17, 15) is 22.8 Å². The second-order valence-electron chi connectivity index (χ2n) is 6.45. The Balaban J connectivity index is 1.83. The van der Waals surface area contributed by atoms with Gasteiger partial charge in [0.1, 0.15) is 6.04 Å². The van der Waals surface area contributed by atoms with E-state index >= 15 is 0 Å². The topological polar surface area (TPSA) is 132 Å². The van der Waals surface area contributed by atoms with Gasteiger partial charge in [0.2, 0.25) is 0 Å². The van der Waals surface area contributed by atoms with Crippen molar-refractivity contribution in [3.63, 3.8) is 0 Å². The third-order valence-corrected chi connectivity index (χ3v) is 5.66. The molecule has 9 nitrogen and oxygen atoms in total. The van der Waals surface area contributed by atoms with Crippen molar-refractivity contribution in [1.29, 1.82) is 0 Å². The first-order chi connectivity index (χ1) is 12.2. The van der Waals surface area contributed by atoms with Gasteiger partial charge in [0.25, 0.3) is 11.8 Å². The van der Waals surface area contributed by atoms with Crippen LogP contribution in [0.1, 0.15) is 30.8 Å². The summed E-state index contributed by atoms with van der Waals surface area (Å²) in [5.74, 6) is -2.19. The molecule has 2 rings (SSSR count). The van der Waals surface area contributed by atoms with E-state index < -0.39 is 46.3 Å². The van der Waals surface area contributed by atoms with Crippen molar-refractivity contribution in [2.45, 2.75) is 32.4 Å². The van der Waals surface area contributed by atoms with Crippen LogP contribution in [-0.2, 0) is 24.2 Å². The van der Waals surface area contributed by atoms with Gasteiger partial charge in [-0.1, -0.05) is 13.8 Å². The van der Waals surface area contributed by atoms with E-state index in [1.54, 1.807) is 19.9 Å². The Kier molecular flexibility index (Phi) is 6.41. The second-order valence-corrected chi connectivity index (χ2v) is 8.68. The van der Waals surface area contributed by atoms with Crippen LogP contribution in [0, 0.1) is 5.92 Å². The Morgan fingerprint density at radius 1 is 1.35 bits per heavy atom. The van der Waals surface area contributed by atoms with Gasteiger partial charge in [-0.25, -0.2) is 13.2 Å². The predicted molar refractivity (Wildman–Crippen MR) is 91.0 cm³/mol. The number of furan rings is 1. The molecule has 0 unspecified atom stereocenters. The van der Waals surface area contributed by atoms with E-state index in [1.165, 1.54) is 12.3 Å². The lowest BCUT2D eigenvalue weighted by atomic mass is 10.0. The molecule has 1 aliphatic rings. The maximum atomic E-state index is 12.2. The highest BCUT2D eigenvalue weighted by molar-refractivity contribution is 7.91. The zero-order valence-corrected chi connectivity index (χ0v) is 15.4. The zero-order valence-electron chi connectivity index (χ0n) is 14.6. The molecule has 1 saturated heterocycles. The maximum absolute atomic E-state index is 12.2. The average Bonchev–Trinajstić information content (AvgIpc) is 3.19. The van der Waals surface area contributed by atoms with Gasteiger partial charge in [0, 0.05) is 6.04 Å². The van der Waals surface area contributed by atoms with Crippen molar-refractivity contribution < 1.29 is 32.0 Å². The summed E-state index contributed by atoms with van der Waals surface area (Å²) >= 11 is 0. The monoisotopic (exact) mass is 386 g/mol. The number of hydrogen-bond acceptors (Lipinski definition) is 7. The minimum absolute atomic E-state index is 0.0337. The van der Waals surface area contributed by atoms with Crippen molar-refractivity contribution in [2.24, 2.45) is 5.92 Å². The van der Waals surface area contributed by atoms with E-state index in [1.807, 2.05) is 0 Å². The normalized spacial score (nSPS) is 19.7. The molecule has 1 fully saturated rings. The molecule has 2 amide bonds. The summed E-state index contributed by atoms with van der Waals surface area (Å²) < 4.78 is 32.7. The number of nitrogens with one attached hydrogen (secondary N) is 2. The summed E-state index contributed by atoms with van der Waals surface area (Å²) in [6.45, 7) is 2.89. The Morgan fingerprint density at radius 2 is 2.08 bits per heavy atom. The Hall–Kier alpha value is -2.36. The summed E-state index contributed by atoms with van der Waals surface area (Å²) in [6.07, 6.45) is 1.68. The molecule has 0 radical (unpaired) electrons. The minimum Gasteiger partial charge on any atom is -0.459 e. The fourth-order valence-electron chi connectivity index (χ4n) is 2.52. The van der Waals surface area contributed by atoms with Crippen molar-refractivity contribution in [3.8, 4) is 0 Å². The minimum atomic E-state index is -3.11. The second kappa shape index (κ2) is 8.35. The van der Waals surface area contributed by atoms with Crippen LogP contribution in [0.2, 0.25) is 0 Å². The van der Waals surface area contributed by atoms with E-state index in [2.05, 4.69) is 10.6 Å². The number of esters is 1. The van der Waals surface area contributed by atoms with Crippen LogP contribution in [0.5, 0.6) is 0 Å². The van der Waals surface area contributed by atoms with Gasteiger partial charge in [-0.05, 0) is 24.5 Å². The van der Waals surface area contributed by atoms with Crippen molar-refractivity contribution in [2.75, 3.05) is 18.1 Å². The van der Waals surface area contributed by atoms with Crippen LogP contribution in [-0.4, -0.2) is 56.4 Å². The first kappa shape index (κ1) is 20.0. The molecule has 0 saturated carbocycles. The first-order valence-corrected chi connectivity index (χ1v) is 10.0. The van der Waals surface area contributed by atoms with E-state index in [0.717, 1.165) is 0 Å². The number of amides is 2. The van der Waals surface area contributed by atoms with Crippen LogP contribution in [0.15, 0.2) is 22.8 Å². The number of sulfone groups is 1. The average molecular weight is 386 g/mol. The Bertz CT molecular complexity index is 756. The number of hydrogen-bond donors (Lipinski definition) is 2. The molecule has 0 bridgehead atoms. The predicted octanol–water partition coefficient (Wildman–Crippen LogP) is -0.119. The molecule has 0 aromatic carbocycles. The third-order valence-electron chi connectivity index (χ3n) is 3.90. The van der Waals surface area contributed by atoms with Crippen molar-refractivity contribution in [1.82, 2.24) is 10.6 Å². The summed E-state index contributed by atoms with van der Waals surface area (Å²) in [6, 6.07) is 1.59. The van der Waals surface area contributed by atoms with E-state index in [4.69, 9.17) is 9.15 Å². The zero-order chi connectivity index (χ0) is 19.3. The Morgan fingerprint density at radius 3 is 2.62 bits per heavy atom. The Labute approximate surface area is 151 Å².